The summed E-state index contributed by atoms with van der Waals surface area (Å²) in [6.07, 6.45) is 0.907. The first-order valence-corrected chi connectivity index (χ1v) is 7.85. The molecule has 1 unspecified atom stereocenters. The van der Waals surface area contributed by atoms with Gasteiger partial charge in [-0.25, -0.2) is 4.98 Å². The van der Waals surface area contributed by atoms with Crippen molar-refractivity contribution in [2.75, 3.05) is 6.61 Å². The number of nitrogens with zero attached hydrogens (tertiary/aromatic N) is 1. The van der Waals surface area contributed by atoms with Gasteiger partial charge in [-0.2, -0.15) is 0 Å². The Morgan fingerprint density at radius 3 is 3.11 bits per heavy atom. The van der Waals surface area contributed by atoms with E-state index in [1.165, 1.54) is 16.9 Å². The Hall–Kier alpha value is -0.910. The van der Waals surface area contributed by atoms with Crippen LogP contribution in [0.5, 0.6) is 5.75 Å². The molecule has 1 aromatic heterocycles. The van der Waals surface area contributed by atoms with Crippen LogP contribution in [0, 0.1) is 6.92 Å². The van der Waals surface area contributed by atoms with Gasteiger partial charge in [0, 0.05) is 28.4 Å². The van der Waals surface area contributed by atoms with E-state index in [2.05, 4.69) is 27.0 Å². The van der Waals surface area contributed by atoms with E-state index in [0.717, 1.165) is 39.5 Å². The highest BCUT2D eigenvalue weighted by molar-refractivity contribution is 9.10. The van der Waals surface area contributed by atoms with Gasteiger partial charge in [0.2, 0.25) is 0 Å². The number of fused-ring (bicyclic) bond motifs is 1. The number of aliphatic hydroxyl groups excluding tert-OH is 1. The second kappa shape index (κ2) is 5.23. The molecule has 0 fully saturated rings. The second-order valence-corrected chi connectivity index (χ2v) is 6.50. The van der Waals surface area contributed by atoms with E-state index in [4.69, 9.17) is 4.74 Å². The summed E-state index contributed by atoms with van der Waals surface area (Å²) in [7, 11) is 0. The number of rotatable bonds is 3. The minimum Gasteiger partial charge on any atom is -0.493 e. The van der Waals surface area contributed by atoms with Crippen molar-refractivity contribution < 1.29 is 9.84 Å². The summed E-state index contributed by atoms with van der Waals surface area (Å²) in [6.45, 7) is 2.66. The van der Waals surface area contributed by atoms with Crippen LogP contribution in [0.1, 0.15) is 27.9 Å². The molecule has 3 rings (SSSR count). The van der Waals surface area contributed by atoms with Crippen molar-refractivity contribution in [2.24, 2.45) is 0 Å². The highest BCUT2D eigenvalue weighted by Crippen LogP contribution is 2.35. The topological polar surface area (TPSA) is 42.4 Å². The van der Waals surface area contributed by atoms with Gasteiger partial charge < -0.3 is 9.84 Å². The molecule has 2 aromatic rings. The average molecular weight is 340 g/mol. The molecule has 3 nitrogen and oxygen atoms in total. The number of thiazole rings is 1. The van der Waals surface area contributed by atoms with E-state index >= 15 is 0 Å². The molecule has 1 aliphatic rings. The Balaban J connectivity index is 1.87. The molecule has 0 amide bonds. The molecule has 19 heavy (non-hydrogen) atoms. The Bertz CT molecular complexity index is 611. The van der Waals surface area contributed by atoms with Crippen LogP contribution in [0.4, 0.5) is 0 Å². The Morgan fingerprint density at radius 2 is 2.37 bits per heavy atom. The van der Waals surface area contributed by atoms with Gasteiger partial charge in [-0.05, 0) is 30.2 Å². The predicted octanol–water partition coefficient (Wildman–Crippen LogP) is 3.43. The maximum Gasteiger partial charge on any atom is 0.125 e. The Labute approximate surface area is 124 Å². The summed E-state index contributed by atoms with van der Waals surface area (Å²) >= 11 is 5.02. The van der Waals surface area contributed by atoms with Gasteiger partial charge in [0.05, 0.1) is 6.61 Å². The number of aliphatic hydroxyl groups is 1. The van der Waals surface area contributed by atoms with E-state index in [1.807, 2.05) is 18.4 Å². The first-order valence-electron chi connectivity index (χ1n) is 6.17. The predicted molar refractivity (Wildman–Crippen MR) is 78.9 cm³/mol. The summed E-state index contributed by atoms with van der Waals surface area (Å²) in [5, 5.41) is 13.0. The van der Waals surface area contributed by atoms with Crippen molar-refractivity contribution in [3.8, 4) is 5.75 Å². The molecule has 1 N–H and O–H groups in total. The molecule has 0 bridgehead atoms. The van der Waals surface area contributed by atoms with Crippen molar-refractivity contribution in [3.63, 3.8) is 0 Å². The van der Waals surface area contributed by atoms with Crippen molar-refractivity contribution >= 4 is 27.3 Å². The molecular weight excluding hydrogens is 326 g/mol. The van der Waals surface area contributed by atoms with Crippen molar-refractivity contribution in [1.82, 2.24) is 4.98 Å². The molecule has 0 saturated carbocycles. The standard InChI is InChI=1S/C14H14BrNO2S/c1-8-7-19-14(16-8)12(17)6-10-5-11(15)4-9-2-3-18-13(9)10/h4-5,7,12,17H,2-3,6H2,1H3. The highest BCUT2D eigenvalue weighted by atomic mass is 79.9. The number of hydrogen-bond donors (Lipinski definition) is 1. The average Bonchev–Trinajstić information content (AvgIpc) is 2.97. The molecule has 100 valence electrons. The maximum absolute atomic E-state index is 10.3. The van der Waals surface area contributed by atoms with Crippen LogP contribution in [-0.2, 0) is 12.8 Å². The minimum absolute atomic E-state index is 0.536. The lowest BCUT2D eigenvalue weighted by Crippen LogP contribution is -2.03. The number of aryl methyl sites for hydroxylation is 1. The Morgan fingerprint density at radius 1 is 1.53 bits per heavy atom. The minimum atomic E-state index is -0.568. The van der Waals surface area contributed by atoms with Gasteiger partial charge in [0.1, 0.15) is 16.9 Å². The van der Waals surface area contributed by atoms with E-state index < -0.39 is 6.10 Å². The zero-order chi connectivity index (χ0) is 13.4. The lowest BCUT2D eigenvalue weighted by Gasteiger charge is -2.12. The third-order valence-electron chi connectivity index (χ3n) is 3.16. The molecule has 0 aliphatic carbocycles. The van der Waals surface area contributed by atoms with Crippen LogP contribution >= 0.6 is 27.3 Å². The Kier molecular flexibility index (Phi) is 3.60. The number of ether oxygens (including phenoxy) is 1. The van der Waals surface area contributed by atoms with Gasteiger partial charge in [-0.1, -0.05) is 15.9 Å². The first kappa shape index (κ1) is 13.1. The molecule has 1 aliphatic heterocycles. The second-order valence-electron chi connectivity index (χ2n) is 4.70. The SMILES string of the molecule is Cc1csc(C(O)Cc2cc(Br)cc3c2OCC3)n1. The fraction of sp³-hybridized carbons (Fsp3) is 0.357. The molecular formula is C14H14BrNO2S. The van der Waals surface area contributed by atoms with Crippen LogP contribution in [-0.4, -0.2) is 16.7 Å². The summed E-state index contributed by atoms with van der Waals surface area (Å²) < 4.78 is 6.71. The molecule has 0 spiro atoms. The van der Waals surface area contributed by atoms with Crippen LogP contribution in [0.3, 0.4) is 0 Å². The number of halogens is 1. The lowest BCUT2D eigenvalue weighted by atomic mass is 10.0. The van der Waals surface area contributed by atoms with E-state index in [-0.39, 0.29) is 0 Å². The highest BCUT2D eigenvalue weighted by Gasteiger charge is 2.21. The third-order valence-corrected chi connectivity index (χ3v) is 4.68. The van der Waals surface area contributed by atoms with Gasteiger partial charge in [-0.3, -0.25) is 0 Å². The largest absolute Gasteiger partial charge is 0.493 e. The zero-order valence-corrected chi connectivity index (χ0v) is 12.9. The summed E-state index contributed by atoms with van der Waals surface area (Å²) in [6, 6.07) is 4.11. The molecule has 1 atom stereocenters. The zero-order valence-electron chi connectivity index (χ0n) is 10.5. The quantitative estimate of drug-likeness (QED) is 0.931. The normalized spacial score (nSPS) is 15.1. The van der Waals surface area contributed by atoms with Crippen LogP contribution in [0.2, 0.25) is 0 Å². The van der Waals surface area contributed by atoms with Crippen LogP contribution in [0.25, 0.3) is 0 Å². The molecule has 2 heterocycles. The van der Waals surface area contributed by atoms with Crippen LogP contribution < -0.4 is 4.74 Å². The fourth-order valence-electron chi connectivity index (χ4n) is 2.32. The van der Waals surface area contributed by atoms with E-state index in [9.17, 15) is 5.11 Å². The van der Waals surface area contributed by atoms with Gasteiger partial charge >= 0.3 is 0 Å². The van der Waals surface area contributed by atoms with E-state index in [1.54, 1.807) is 0 Å². The van der Waals surface area contributed by atoms with E-state index in [0.29, 0.717) is 6.42 Å². The summed E-state index contributed by atoms with van der Waals surface area (Å²) in [5.41, 5.74) is 3.21. The van der Waals surface area contributed by atoms with Crippen molar-refractivity contribution in [2.45, 2.75) is 25.9 Å². The maximum atomic E-state index is 10.3. The molecule has 1 aromatic carbocycles. The van der Waals surface area contributed by atoms with Gasteiger partial charge in [0.15, 0.2) is 0 Å². The molecule has 0 saturated heterocycles. The van der Waals surface area contributed by atoms with Gasteiger partial charge in [-0.15, -0.1) is 11.3 Å². The number of benzene rings is 1. The summed E-state index contributed by atoms with van der Waals surface area (Å²) in [5.74, 6) is 0.940. The lowest BCUT2D eigenvalue weighted by molar-refractivity contribution is 0.176. The monoisotopic (exact) mass is 339 g/mol. The van der Waals surface area contributed by atoms with Gasteiger partial charge in [0.25, 0.3) is 0 Å². The summed E-state index contributed by atoms with van der Waals surface area (Å²) in [4.78, 5) is 4.34. The number of hydrogen-bond acceptors (Lipinski definition) is 4. The van der Waals surface area contributed by atoms with Crippen LogP contribution in [0.15, 0.2) is 22.0 Å². The number of aromatic nitrogens is 1. The smallest absolute Gasteiger partial charge is 0.125 e. The third kappa shape index (κ3) is 2.68. The molecule has 5 heteroatoms. The fourth-order valence-corrected chi connectivity index (χ4v) is 3.65. The first-order chi connectivity index (χ1) is 9.13. The molecule has 0 radical (unpaired) electrons. The van der Waals surface area contributed by atoms with Crippen molar-refractivity contribution in [3.05, 3.63) is 43.8 Å². The van der Waals surface area contributed by atoms with Crippen molar-refractivity contribution in [1.29, 1.82) is 0 Å².